The minimum atomic E-state index is -0.492. The lowest BCUT2D eigenvalue weighted by atomic mass is 10.0. The van der Waals surface area contributed by atoms with Crippen LogP contribution in [0.1, 0.15) is 38.2 Å². The summed E-state index contributed by atoms with van der Waals surface area (Å²) in [7, 11) is 2.98. The van der Waals surface area contributed by atoms with Crippen LogP contribution >= 0.6 is 11.3 Å². The number of fused-ring (bicyclic) bond motifs is 1. The van der Waals surface area contributed by atoms with Crippen molar-refractivity contribution in [3.8, 4) is 0 Å². The van der Waals surface area contributed by atoms with Crippen molar-refractivity contribution >= 4 is 34.1 Å². The molecular formula is C16H18N4O4S. The normalized spacial score (nSPS) is 13.3. The molecule has 3 rings (SSSR count). The number of anilines is 1. The summed E-state index contributed by atoms with van der Waals surface area (Å²) in [4.78, 5) is 38.9. The number of carbonyl (C=O) groups excluding carboxylic acids is 3. The molecule has 2 aromatic heterocycles. The third-order valence-electron chi connectivity index (χ3n) is 4.17. The maximum Gasteiger partial charge on any atom is 0.341 e. The second-order valence-electron chi connectivity index (χ2n) is 5.68. The zero-order valence-electron chi connectivity index (χ0n) is 14.2. The average molecular weight is 362 g/mol. The van der Waals surface area contributed by atoms with E-state index in [0.717, 1.165) is 10.4 Å². The highest BCUT2D eigenvalue weighted by Crippen LogP contribution is 2.37. The molecule has 9 heteroatoms. The molecule has 0 unspecified atom stereocenters. The van der Waals surface area contributed by atoms with E-state index in [4.69, 9.17) is 4.74 Å². The van der Waals surface area contributed by atoms with Crippen molar-refractivity contribution in [3.05, 3.63) is 34.0 Å². The average Bonchev–Trinajstić information content (AvgIpc) is 3.16. The Balaban J connectivity index is 1.96. The number of methoxy groups -OCH3 is 1. The number of rotatable bonds is 3. The number of amides is 2. The predicted molar refractivity (Wildman–Crippen MR) is 91.6 cm³/mol. The zero-order valence-corrected chi connectivity index (χ0v) is 15.0. The van der Waals surface area contributed by atoms with Crippen molar-refractivity contribution < 1.29 is 19.1 Å². The van der Waals surface area contributed by atoms with E-state index in [2.05, 4.69) is 10.4 Å². The van der Waals surface area contributed by atoms with Crippen LogP contribution < -0.4 is 5.32 Å². The third-order valence-corrected chi connectivity index (χ3v) is 5.30. The van der Waals surface area contributed by atoms with E-state index >= 15 is 0 Å². The van der Waals surface area contributed by atoms with E-state index in [9.17, 15) is 14.4 Å². The van der Waals surface area contributed by atoms with Crippen molar-refractivity contribution in [1.82, 2.24) is 14.7 Å². The Labute approximate surface area is 148 Å². The number of ether oxygens (including phenoxy) is 1. The molecule has 8 nitrogen and oxygen atoms in total. The Hall–Kier alpha value is -2.68. The van der Waals surface area contributed by atoms with Crippen LogP contribution in [0.5, 0.6) is 0 Å². The molecule has 0 saturated heterocycles. The second kappa shape index (κ2) is 6.67. The van der Waals surface area contributed by atoms with Crippen LogP contribution in [0, 0.1) is 0 Å². The predicted octanol–water partition coefficient (Wildman–Crippen LogP) is 1.43. The van der Waals surface area contributed by atoms with Gasteiger partial charge in [0.25, 0.3) is 5.91 Å². The minimum Gasteiger partial charge on any atom is -0.465 e. The summed E-state index contributed by atoms with van der Waals surface area (Å²) in [5, 5.41) is 7.19. The lowest BCUT2D eigenvalue weighted by Gasteiger charge is -2.25. The van der Waals surface area contributed by atoms with Crippen LogP contribution in [0.3, 0.4) is 0 Å². The Morgan fingerprint density at radius 3 is 2.72 bits per heavy atom. The van der Waals surface area contributed by atoms with Crippen molar-refractivity contribution in [1.29, 1.82) is 0 Å². The number of hydrogen-bond donors (Lipinski definition) is 1. The highest BCUT2D eigenvalue weighted by atomic mass is 32.1. The third kappa shape index (κ3) is 3.14. The first-order chi connectivity index (χ1) is 11.9. The molecule has 0 fully saturated rings. The molecule has 2 aromatic rings. The maximum absolute atomic E-state index is 12.5. The summed E-state index contributed by atoms with van der Waals surface area (Å²) < 4.78 is 6.35. The Bertz CT molecular complexity index is 854. The fourth-order valence-electron chi connectivity index (χ4n) is 2.84. The van der Waals surface area contributed by atoms with Crippen molar-refractivity contribution in [3.63, 3.8) is 0 Å². The van der Waals surface area contributed by atoms with Gasteiger partial charge in [0.15, 0.2) is 0 Å². The second-order valence-corrected chi connectivity index (χ2v) is 6.79. The molecule has 1 N–H and O–H groups in total. The zero-order chi connectivity index (χ0) is 18.1. The van der Waals surface area contributed by atoms with Gasteiger partial charge in [-0.3, -0.25) is 14.3 Å². The molecule has 0 aliphatic carbocycles. The van der Waals surface area contributed by atoms with Gasteiger partial charge in [-0.2, -0.15) is 5.10 Å². The summed E-state index contributed by atoms with van der Waals surface area (Å²) in [5.41, 5.74) is 1.60. The molecule has 0 bridgehead atoms. The van der Waals surface area contributed by atoms with E-state index in [1.807, 2.05) is 0 Å². The van der Waals surface area contributed by atoms with Crippen molar-refractivity contribution in [2.75, 3.05) is 19.0 Å². The summed E-state index contributed by atoms with van der Waals surface area (Å²) in [6.07, 6.45) is 2.08. The fraction of sp³-hybridized carbons (Fsp3) is 0.375. The van der Waals surface area contributed by atoms with Gasteiger partial charge in [0, 0.05) is 31.6 Å². The number of nitrogens with zero attached hydrogens (tertiary/aromatic N) is 3. The van der Waals surface area contributed by atoms with Crippen LogP contribution in [0.2, 0.25) is 0 Å². The largest absolute Gasteiger partial charge is 0.465 e. The molecule has 0 aromatic carbocycles. The molecule has 2 amide bonds. The molecule has 0 atom stereocenters. The highest BCUT2D eigenvalue weighted by Gasteiger charge is 2.30. The number of aryl methyl sites for hydroxylation is 1. The quantitative estimate of drug-likeness (QED) is 0.834. The molecule has 1 aliphatic rings. The first kappa shape index (κ1) is 17.2. The monoisotopic (exact) mass is 362 g/mol. The van der Waals surface area contributed by atoms with Crippen molar-refractivity contribution in [2.24, 2.45) is 7.05 Å². The molecule has 1 aliphatic heterocycles. The summed E-state index contributed by atoms with van der Waals surface area (Å²) in [6.45, 7) is 2.49. The Kier molecular flexibility index (Phi) is 4.58. The fourth-order valence-corrected chi connectivity index (χ4v) is 4.09. The Morgan fingerprint density at radius 2 is 2.12 bits per heavy atom. The Morgan fingerprint density at radius 1 is 1.36 bits per heavy atom. The van der Waals surface area contributed by atoms with Gasteiger partial charge in [-0.05, 0) is 18.1 Å². The summed E-state index contributed by atoms with van der Waals surface area (Å²) in [5.74, 6) is -0.861. The molecule has 0 saturated carbocycles. The number of aromatic nitrogens is 2. The first-order valence-electron chi connectivity index (χ1n) is 7.70. The number of carbonyl (C=O) groups is 3. The van der Waals surface area contributed by atoms with Crippen LogP contribution in [0.4, 0.5) is 5.00 Å². The van der Waals surface area contributed by atoms with Gasteiger partial charge in [-0.1, -0.05) is 0 Å². The molecule has 25 heavy (non-hydrogen) atoms. The molecule has 0 spiro atoms. The van der Waals surface area contributed by atoms with Gasteiger partial charge >= 0.3 is 5.97 Å². The van der Waals surface area contributed by atoms with Gasteiger partial charge in [-0.15, -0.1) is 11.3 Å². The van der Waals surface area contributed by atoms with E-state index in [1.165, 1.54) is 36.2 Å². The number of thiophene rings is 1. The van der Waals surface area contributed by atoms with E-state index in [1.54, 1.807) is 18.0 Å². The summed E-state index contributed by atoms with van der Waals surface area (Å²) in [6, 6.07) is 1.60. The topological polar surface area (TPSA) is 93.5 Å². The highest BCUT2D eigenvalue weighted by molar-refractivity contribution is 7.17. The number of hydrogen-bond acceptors (Lipinski definition) is 6. The first-order valence-corrected chi connectivity index (χ1v) is 8.51. The molecule has 132 valence electrons. The van der Waals surface area contributed by atoms with Crippen LogP contribution in [-0.4, -0.2) is 46.1 Å². The van der Waals surface area contributed by atoms with Gasteiger partial charge in [0.1, 0.15) is 10.7 Å². The number of esters is 1. The van der Waals surface area contributed by atoms with Gasteiger partial charge < -0.3 is 15.0 Å². The van der Waals surface area contributed by atoms with E-state index in [-0.39, 0.29) is 11.8 Å². The van der Waals surface area contributed by atoms with Crippen LogP contribution in [0.15, 0.2) is 12.3 Å². The van der Waals surface area contributed by atoms with Gasteiger partial charge in [0.2, 0.25) is 5.91 Å². The van der Waals surface area contributed by atoms with E-state index in [0.29, 0.717) is 35.8 Å². The molecular weight excluding hydrogens is 344 g/mol. The van der Waals surface area contributed by atoms with E-state index < -0.39 is 5.97 Å². The molecule has 3 heterocycles. The van der Waals surface area contributed by atoms with Gasteiger partial charge in [0.05, 0.1) is 19.2 Å². The maximum atomic E-state index is 12.5. The van der Waals surface area contributed by atoms with Gasteiger partial charge in [-0.25, -0.2) is 4.79 Å². The van der Waals surface area contributed by atoms with Crippen LogP contribution in [-0.2, 0) is 29.5 Å². The lowest BCUT2D eigenvalue weighted by Crippen LogP contribution is -2.33. The molecule has 0 radical (unpaired) electrons. The van der Waals surface area contributed by atoms with Crippen LogP contribution in [0.25, 0.3) is 0 Å². The lowest BCUT2D eigenvalue weighted by molar-refractivity contribution is -0.129. The smallest absolute Gasteiger partial charge is 0.341 e. The standard InChI is InChI=1S/C16H18N4O4S/c1-9(21)20-7-5-10-12(8-20)25-15(13(10)16(23)24-3)18-14(22)11-4-6-17-19(11)2/h4,6H,5,7-8H2,1-3H3,(H,18,22). The SMILES string of the molecule is COC(=O)c1c(NC(=O)c2ccnn2C)sc2c1CCN(C(C)=O)C2. The number of nitrogens with one attached hydrogen (secondary N) is 1. The van der Waals surface area contributed by atoms with Crippen molar-refractivity contribution in [2.45, 2.75) is 19.9 Å². The summed E-state index contributed by atoms with van der Waals surface area (Å²) >= 11 is 1.30. The minimum absolute atomic E-state index is 0.0147.